The standard InChI is InChI=1S/C17H19NO/c1-2-10-17(11-5-12-17)16(19)18-15-9-8-13-6-3-4-7-14(13)15/h1,3-4,6-7,15H,5,8-12H2,(H,18,19). The van der Waals surface area contributed by atoms with Crippen LogP contribution < -0.4 is 5.32 Å². The van der Waals surface area contributed by atoms with Gasteiger partial charge in [0.2, 0.25) is 5.91 Å². The quantitative estimate of drug-likeness (QED) is 0.824. The lowest BCUT2D eigenvalue weighted by atomic mass is 9.66. The molecule has 2 aliphatic rings. The molecule has 1 fully saturated rings. The number of amides is 1. The molecule has 1 atom stereocenters. The maximum absolute atomic E-state index is 12.5. The van der Waals surface area contributed by atoms with E-state index >= 15 is 0 Å². The van der Waals surface area contributed by atoms with Crippen LogP contribution >= 0.6 is 0 Å². The summed E-state index contributed by atoms with van der Waals surface area (Å²) in [5.41, 5.74) is 2.38. The van der Waals surface area contributed by atoms with Crippen molar-refractivity contribution in [1.82, 2.24) is 5.32 Å². The maximum Gasteiger partial charge on any atom is 0.227 e. The normalized spacial score (nSPS) is 23.0. The summed E-state index contributed by atoms with van der Waals surface area (Å²) in [5, 5.41) is 3.23. The van der Waals surface area contributed by atoms with E-state index in [1.54, 1.807) is 0 Å². The zero-order chi connectivity index (χ0) is 13.3. The summed E-state index contributed by atoms with van der Waals surface area (Å²) in [4.78, 5) is 12.5. The fourth-order valence-corrected chi connectivity index (χ4v) is 3.30. The van der Waals surface area contributed by atoms with Crippen LogP contribution in [0.5, 0.6) is 0 Å². The average Bonchev–Trinajstić information content (AvgIpc) is 2.77. The predicted molar refractivity (Wildman–Crippen MR) is 75.4 cm³/mol. The topological polar surface area (TPSA) is 29.1 Å². The Morgan fingerprint density at radius 2 is 2.21 bits per heavy atom. The van der Waals surface area contributed by atoms with Crippen molar-refractivity contribution in [2.75, 3.05) is 0 Å². The summed E-state index contributed by atoms with van der Waals surface area (Å²) in [6.07, 6.45) is 11.1. The highest BCUT2D eigenvalue weighted by atomic mass is 16.2. The molecule has 98 valence electrons. The molecule has 2 nitrogen and oxygen atoms in total. The Balaban J connectivity index is 1.73. The number of fused-ring (bicyclic) bond motifs is 1. The second-order valence-electron chi connectivity index (χ2n) is 5.78. The fourth-order valence-electron chi connectivity index (χ4n) is 3.30. The van der Waals surface area contributed by atoms with Crippen molar-refractivity contribution in [1.29, 1.82) is 0 Å². The third kappa shape index (κ3) is 2.04. The second kappa shape index (κ2) is 4.74. The summed E-state index contributed by atoms with van der Waals surface area (Å²) < 4.78 is 0. The van der Waals surface area contributed by atoms with Crippen LogP contribution in [0.25, 0.3) is 0 Å². The number of benzene rings is 1. The van der Waals surface area contributed by atoms with E-state index in [4.69, 9.17) is 6.42 Å². The van der Waals surface area contributed by atoms with Crippen LogP contribution in [0.15, 0.2) is 24.3 Å². The van der Waals surface area contributed by atoms with E-state index < -0.39 is 0 Å². The lowest BCUT2D eigenvalue weighted by molar-refractivity contribution is -0.136. The molecule has 2 heteroatoms. The van der Waals surface area contributed by atoms with Gasteiger partial charge in [-0.1, -0.05) is 30.7 Å². The minimum atomic E-state index is -0.272. The third-order valence-corrected chi connectivity index (χ3v) is 4.67. The molecule has 1 N–H and O–H groups in total. The molecule has 0 saturated heterocycles. The zero-order valence-electron chi connectivity index (χ0n) is 11.1. The highest BCUT2D eigenvalue weighted by molar-refractivity contribution is 5.84. The molecule has 19 heavy (non-hydrogen) atoms. The van der Waals surface area contributed by atoms with Gasteiger partial charge in [0.05, 0.1) is 11.5 Å². The molecule has 0 spiro atoms. The van der Waals surface area contributed by atoms with E-state index in [9.17, 15) is 4.79 Å². The number of carbonyl (C=O) groups is 1. The summed E-state index contributed by atoms with van der Waals surface area (Å²) in [5.74, 6) is 2.84. The summed E-state index contributed by atoms with van der Waals surface area (Å²) in [6, 6.07) is 8.57. The third-order valence-electron chi connectivity index (χ3n) is 4.67. The first-order valence-electron chi connectivity index (χ1n) is 7.07. The first-order chi connectivity index (χ1) is 9.25. The van der Waals surface area contributed by atoms with E-state index in [-0.39, 0.29) is 17.4 Å². The van der Waals surface area contributed by atoms with Crippen molar-refractivity contribution in [3.63, 3.8) is 0 Å². The molecule has 1 aromatic rings. The van der Waals surface area contributed by atoms with Gasteiger partial charge in [0.15, 0.2) is 0 Å². The number of hydrogen-bond donors (Lipinski definition) is 1. The lowest BCUT2D eigenvalue weighted by Crippen LogP contribution is -2.46. The molecular weight excluding hydrogens is 234 g/mol. The SMILES string of the molecule is C#CCC1(C(=O)NC2CCc3ccccc32)CCC1. The van der Waals surface area contributed by atoms with Gasteiger partial charge in [-0.2, -0.15) is 0 Å². The number of nitrogens with one attached hydrogen (secondary N) is 1. The van der Waals surface area contributed by atoms with Gasteiger partial charge in [-0.25, -0.2) is 0 Å². The van der Waals surface area contributed by atoms with Crippen LogP contribution in [-0.4, -0.2) is 5.91 Å². The number of carbonyl (C=O) groups excluding carboxylic acids is 1. The molecule has 2 aliphatic carbocycles. The van der Waals surface area contributed by atoms with E-state index in [1.165, 1.54) is 11.1 Å². The monoisotopic (exact) mass is 253 g/mol. The van der Waals surface area contributed by atoms with Gasteiger partial charge in [-0.05, 0) is 36.8 Å². The Kier molecular flexibility index (Phi) is 3.06. The van der Waals surface area contributed by atoms with E-state index in [0.717, 1.165) is 32.1 Å². The fraction of sp³-hybridized carbons (Fsp3) is 0.471. The molecule has 3 rings (SSSR count). The minimum Gasteiger partial charge on any atom is -0.349 e. The Morgan fingerprint density at radius 3 is 2.89 bits per heavy atom. The van der Waals surface area contributed by atoms with Crippen molar-refractivity contribution in [3.8, 4) is 12.3 Å². The van der Waals surface area contributed by atoms with Gasteiger partial charge in [0, 0.05) is 6.42 Å². The summed E-state index contributed by atoms with van der Waals surface area (Å²) in [6.45, 7) is 0. The van der Waals surface area contributed by atoms with Crippen molar-refractivity contribution in [3.05, 3.63) is 35.4 Å². The Labute approximate surface area is 114 Å². The zero-order valence-corrected chi connectivity index (χ0v) is 11.1. The predicted octanol–water partition coefficient (Wildman–Crippen LogP) is 2.98. The van der Waals surface area contributed by atoms with Crippen LogP contribution in [0, 0.1) is 17.8 Å². The number of aryl methyl sites for hydroxylation is 1. The average molecular weight is 253 g/mol. The Bertz CT molecular complexity index is 536. The highest BCUT2D eigenvalue weighted by Gasteiger charge is 2.44. The van der Waals surface area contributed by atoms with Crippen LogP contribution in [0.4, 0.5) is 0 Å². The molecular formula is C17H19NO. The van der Waals surface area contributed by atoms with Crippen LogP contribution in [-0.2, 0) is 11.2 Å². The lowest BCUT2D eigenvalue weighted by Gasteiger charge is -2.39. The van der Waals surface area contributed by atoms with Gasteiger partial charge in [-0.3, -0.25) is 4.79 Å². The number of terminal acetylenes is 1. The first kappa shape index (κ1) is 12.3. The molecule has 1 unspecified atom stereocenters. The van der Waals surface area contributed by atoms with Crippen molar-refractivity contribution >= 4 is 5.91 Å². The van der Waals surface area contributed by atoms with Gasteiger partial charge >= 0.3 is 0 Å². The largest absolute Gasteiger partial charge is 0.349 e. The molecule has 0 bridgehead atoms. The van der Waals surface area contributed by atoms with E-state index in [2.05, 4.69) is 29.4 Å². The molecule has 1 amide bonds. The molecule has 1 saturated carbocycles. The van der Waals surface area contributed by atoms with Crippen LogP contribution in [0.1, 0.15) is 49.3 Å². The number of rotatable bonds is 3. The smallest absolute Gasteiger partial charge is 0.227 e. The van der Waals surface area contributed by atoms with E-state index in [1.807, 2.05) is 6.07 Å². The maximum atomic E-state index is 12.5. The summed E-state index contributed by atoms with van der Waals surface area (Å²) in [7, 11) is 0. The minimum absolute atomic E-state index is 0.165. The highest BCUT2D eigenvalue weighted by Crippen LogP contribution is 2.44. The van der Waals surface area contributed by atoms with Crippen LogP contribution in [0.3, 0.4) is 0 Å². The van der Waals surface area contributed by atoms with Gasteiger partial charge in [-0.15, -0.1) is 12.3 Å². The van der Waals surface area contributed by atoms with E-state index in [0.29, 0.717) is 6.42 Å². The van der Waals surface area contributed by atoms with Crippen molar-refractivity contribution in [2.24, 2.45) is 5.41 Å². The Morgan fingerprint density at radius 1 is 1.42 bits per heavy atom. The molecule has 0 heterocycles. The first-order valence-corrected chi connectivity index (χ1v) is 7.07. The van der Waals surface area contributed by atoms with Gasteiger partial charge < -0.3 is 5.32 Å². The molecule has 0 aromatic heterocycles. The van der Waals surface area contributed by atoms with Gasteiger partial charge in [0.1, 0.15) is 0 Å². The molecule has 1 aromatic carbocycles. The van der Waals surface area contributed by atoms with Crippen LogP contribution in [0.2, 0.25) is 0 Å². The second-order valence-corrected chi connectivity index (χ2v) is 5.78. The van der Waals surface area contributed by atoms with Crippen molar-refractivity contribution in [2.45, 2.75) is 44.6 Å². The molecule has 0 radical (unpaired) electrons. The Hall–Kier alpha value is -1.75. The number of hydrogen-bond acceptors (Lipinski definition) is 1. The van der Waals surface area contributed by atoms with Gasteiger partial charge in [0.25, 0.3) is 0 Å². The molecule has 0 aliphatic heterocycles. The van der Waals surface area contributed by atoms with Crippen molar-refractivity contribution < 1.29 is 4.79 Å². The summed E-state index contributed by atoms with van der Waals surface area (Å²) >= 11 is 0.